The highest BCUT2D eigenvalue weighted by atomic mass is 19.1. The van der Waals surface area contributed by atoms with Gasteiger partial charge in [0, 0.05) is 55.7 Å². The number of aryl methyl sites for hydroxylation is 1. The first-order chi connectivity index (χ1) is 18.1. The molecule has 1 fully saturated rings. The van der Waals surface area contributed by atoms with E-state index < -0.39 is 0 Å². The zero-order valence-electron chi connectivity index (χ0n) is 20.8. The van der Waals surface area contributed by atoms with E-state index in [1.807, 2.05) is 53.4 Å². The van der Waals surface area contributed by atoms with Gasteiger partial charge in [0.25, 0.3) is 0 Å². The Morgan fingerprint density at radius 1 is 0.865 bits per heavy atom. The molecule has 7 heteroatoms. The zero-order valence-corrected chi connectivity index (χ0v) is 20.8. The molecule has 190 valence electrons. The number of hydrogen-bond donors (Lipinski definition) is 2. The molecule has 0 radical (unpaired) electrons. The highest BCUT2D eigenvalue weighted by molar-refractivity contribution is 5.91. The molecule has 5 rings (SSSR count). The van der Waals surface area contributed by atoms with Crippen LogP contribution in [-0.2, 0) is 22.6 Å². The number of para-hydroxylation sites is 1. The summed E-state index contributed by atoms with van der Waals surface area (Å²) in [6.07, 6.45) is 0.991. The van der Waals surface area contributed by atoms with Crippen LogP contribution in [0.25, 0.3) is 22.2 Å². The van der Waals surface area contributed by atoms with Crippen molar-refractivity contribution in [2.24, 2.45) is 0 Å². The van der Waals surface area contributed by atoms with Gasteiger partial charge in [-0.05, 0) is 53.4 Å². The lowest BCUT2D eigenvalue weighted by atomic mass is 10.0. The van der Waals surface area contributed by atoms with E-state index in [1.54, 1.807) is 12.1 Å². The van der Waals surface area contributed by atoms with Gasteiger partial charge in [0.05, 0.1) is 6.54 Å². The summed E-state index contributed by atoms with van der Waals surface area (Å²) in [7, 11) is 0. The Morgan fingerprint density at radius 3 is 2.32 bits per heavy atom. The fraction of sp³-hybridized carbons (Fsp3) is 0.267. The number of carbonyl (C=O) groups is 2. The number of hydrogen-bond acceptors (Lipinski definition) is 3. The van der Waals surface area contributed by atoms with E-state index in [2.05, 4.69) is 21.3 Å². The van der Waals surface area contributed by atoms with Gasteiger partial charge in [-0.1, -0.05) is 48.5 Å². The molecule has 0 aliphatic carbocycles. The quantitative estimate of drug-likeness (QED) is 0.379. The number of aromatic nitrogens is 1. The molecule has 0 saturated carbocycles. The number of fused-ring (bicyclic) bond motifs is 1. The van der Waals surface area contributed by atoms with Crippen LogP contribution in [-0.4, -0.2) is 59.3 Å². The van der Waals surface area contributed by atoms with E-state index >= 15 is 0 Å². The third-order valence-electron chi connectivity index (χ3n) is 6.96. The second-order valence-corrected chi connectivity index (χ2v) is 9.45. The Balaban J connectivity index is 1.15. The molecule has 1 saturated heterocycles. The Morgan fingerprint density at radius 2 is 1.57 bits per heavy atom. The van der Waals surface area contributed by atoms with Crippen molar-refractivity contribution in [3.05, 3.63) is 95.8 Å². The van der Waals surface area contributed by atoms with Crippen molar-refractivity contribution in [1.29, 1.82) is 0 Å². The molecule has 37 heavy (non-hydrogen) atoms. The third kappa shape index (κ3) is 6.06. The molecule has 2 N–H and O–H groups in total. The molecular weight excluding hydrogens is 467 g/mol. The van der Waals surface area contributed by atoms with Crippen molar-refractivity contribution in [2.75, 3.05) is 32.7 Å². The van der Waals surface area contributed by atoms with E-state index in [1.165, 1.54) is 12.1 Å². The molecule has 0 spiro atoms. The second kappa shape index (κ2) is 11.4. The lowest BCUT2D eigenvalue weighted by molar-refractivity contribution is -0.133. The maximum atomic E-state index is 13.5. The maximum absolute atomic E-state index is 13.5. The summed E-state index contributed by atoms with van der Waals surface area (Å²) in [5.74, 6) is -0.163. The zero-order chi connectivity index (χ0) is 25.6. The van der Waals surface area contributed by atoms with Crippen LogP contribution in [0.3, 0.4) is 0 Å². The number of halogens is 1. The number of nitrogens with zero attached hydrogens (tertiary/aromatic N) is 2. The average Bonchev–Trinajstić information content (AvgIpc) is 3.30. The lowest BCUT2D eigenvalue weighted by Gasteiger charge is -2.34. The van der Waals surface area contributed by atoms with E-state index in [0.29, 0.717) is 52.1 Å². The van der Waals surface area contributed by atoms with Crippen molar-refractivity contribution < 1.29 is 14.0 Å². The summed E-state index contributed by atoms with van der Waals surface area (Å²) in [5, 5.41) is 4.05. The molecule has 2 heterocycles. The first kappa shape index (κ1) is 24.7. The molecule has 1 aliphatic rings. The van der Waals surface area contributed by atoms with Crippen LogP contribution >= 0.6 is 0 Å². The van der Waals surface area contributed by atoms with Gasteiger partial charge >= 0.3 is 0 Å². The highest BCUT2D eigenvalue weighted by Crippen LogP contribution is 2.31. The summed E-state index contributed by atoms with van der Waals surface area (Å²) in [6.45, 7) is 3.45. The SMILES string of the molecule is O=C(CN1CCN(C(=O)CCc2c(-c3ccc(F)cc3)[nH]c3ccccc23)CC1)NCc1ccccc1. The van der Waals surface area contributed by atoms with E-state index in [0.717, 1.165) is 33.3 Å². The van der Waals surface area contributed by atoms with Crippen LogP contribution in [0.2, 0.25) is 0 Å². The average molecular weight is 499 g/mol. The summed E-state index contributed by atoms with van der Waals surface area (Å²) < 4.78 is 13.5. The van der Waals surface area contributed by atoms with Gasteiger partial charge in [-0.25, -0.2) is 4.39 Å². The van der Waals surface area contributed by atoms with Crippen LogP contribution in [0, 0.1) is 5.82 Å². The van der Waals surface area contributed by atoms with Crippen molar-refractivity contribution in [3.63, 3.8) is 0 Å². The van der Waals surface area contributed by atoms with E-state index in [4.69, 9.17) is 0 Å². The van der Waals surface area contributed by atoms with Crippen LogP contribution in [0.1, 0.15) is 17.5 Å². The normalized spacial score (nSPS) is 14.1. The molecular formula is C30H31FN4O2. The first-order valence-electron chi connectivity index (χ1n) is 12.7. The van der Waals surface area contributed by atoms with Gasteiger partial charge < -0.3 is 15.2 Å². The molecule has 6 nitrogen and oxygen atoms in total. The third-order valence-corrected chi connectivity index (χ3v) is 6.96. The minimum atomic E-state index is -0.274. The summed E-state index contributed by atoms with van der Waals surface area (Å²) in [5.41, 5.74) is 4.98. The number of aromatic amines is 1. The van der Waals surface area contributed by atoms with Crippen molar-refractivity contribution in [2.45, 2.75) is 19.4 Å². The van der Waals surface area contributed by atoms with E-state index in [9.17, 15) is 14.0 Å². The van der Waals surface area contributed by atoms with Crippen molar-refractivity contribution >= 4 is 22.7 Å². The largest absolute Gasteiger partial charge is 0.354 e. The first-order valence-corrected chi connectivity index (χ1v) is 12.7. The van der Waals surface area contributed by atoms with Gasteiger partial charge in [0.1, 0.15) is 5.82 Å². The maximum Gasteiger partial charge on any atom is 0.234 e. The number of amides is 2. The van der Waals surface area contributed by atoms with Crippen LogP contribution < -0.4 is 5.32 Å². The standard InChI is InChI=1S/C30H31FN4O2/c31-24-12-10-23(11-13-24)30-26(25-8-4-5-9-27(25)33-30)14-15-29(37)35-18-16-34(17-19-35)21-28(36)32-20-22-6-2-1-3-7-22/h1-13,33H,14-21H2,(H,32,36). The molecule has 1 aliphatic heterocycles. The van der Waals surface area contributed by atoms with Crippen molar-refractivity contribution in [1.82, 2.24) is 20.1 Å². The van der Waals surface area contributed by atoms with Gasteiger partial charge in [0.2, 0.25) is 11.8 Å². The Labute approximate surface area is 216 Å². The van der Waals surface area contributed by atoms with Crippen LogP contribution in [0.5, 0.6) is 0 Å². The molecule has 0 bridgehead atoms. The fourth-order valence-corrected chi connectivity index (χ4v) is 4.92. The predicted octanol–water partition coefficient (Wildman–Crippen LogP) is 4.37. The molecule has 0 unspecified atom stereocenters. The molecule has 1 aromatic heterocycles. The summed E-state index contributed by atoms with van der Waals surface area (Å²) in [6, 6.07) is 24.3. The number of carbonyl (C=O) groups excluding carboxylic acids is 2. The van der Waals surface area contributed by atoms with Crippen molar-refractivity contribution in [3.8, 4) is 11.3 Å². The fourth-order valence-electron chi connectivity index (χ4n) is 4.92. The van der Waals surface area contributed by atoms with Gasteiger partial charge in [-0.15, -0.1) is 0 Å². The Kier molecular flexibility index (Phi) is 7.61. The topological polar surface area (TPSA) is 68.4 Å². The summed E-state index contributed by atoms with van der Waals surface area (Å²) in [4.78, 5) is 32.9. The lowest BCUT2D eigenvalue weighted by Crippen LogP contribution is -2.51. The Bertz CT molecular complexity index is 1360. The minimum absolute atomic E-state index is 0.00344. The van der Waals surface area contributed by atoms with E-state index in [-0.39, 0.29) is 17.6 Å². The van der Waals surface area contributed by atoms with Crippen LogP contribution in [0.15, 0.2) is 78.9 Å². The molecule has 2 amide bonds. The Hall–Kier alpha value is -3.97. The van der Waals surface area contributed by atoms with Gasteiger partial charge in [-0.3, -0.25) is 14.5 Å². The number of nitrogens with one attached hydrogen (secondary N) is 2. The number of benzene rings is 3. The van der Waals surface area contributed by atoms with Gasteiger partial charge in [-0.2, -0.15) is 0 Å². The number of H-pyrrole nitrogens is 1. The molecule has 0 atom stereocenters. The minimum Gasteiger partial charge on any atom is -0.354 e. The monoisotopic (exact) mass is 498 g/mol. The smallest absolute Gasteiger partial charge is 0.234 e. The predicted molar refractivity (Wildman–Crippen MR) is 143 cm³/mol. The second-order valence-electron chi connectivity index (χ2n) is 9.45. The van der Waals surface area contributed by atoms with Gasteiger partial charge in [0.15, 0.2) is 0 Å². The molecule has 3 aromatic carbocycles. The summed E-state index contributed by atoms with van der Waals surface area (Å²) >= 11 is 0. The number of rotatable bonds is 8. The van der Waals surface area contributed by atoms with Crippen LogP contribution in [0.4, 0.5) is 4.39 Å². The highest BCUT2D eigenvalue weighted by Gasteiger charge is 2.23. The molecule has 4 aromatic rings. The number of piperazine rings is 1.